The summed E-state index contributed by atoms with van der Waals surface area (Å²) in [7, 11) is 0. The maximum Gasteiger partial charge on any atom is 0.388 e. The summed E-state index contributed by atoms with van der Waals surface area (Å²) in [4.78, 5) is 16.0. The highest BCUT2D eigenvalue weighted by Crippen LogP contribution is 2.03. The number of halogens is 1. The van der Waals surface area contributed by atoms with Crippen LogP contribution in [0, 0.1) is 0 Å². The molecule has 1 aromatic heterocycles. The molecule has 0 fully saturated rings. The zero-order valence-electron chi connectivity index (χ0n) is 9.62. The highest BCUT2D eigenvalue weighted by molar-refractivity contribution is 6.17. The minimum absolute atomic E-state index is 0.00576. The van der Waals surface area contributed by atoms with Gasteiger partial charge in [-0.15, -0.1) is 0 Å². The zero-order valence-corrected chi connectivity index (χ0v) is 10.4. The third-order valence-electron chi connectivity index (χ3n) is 2.41. The van der Waals surface area contributed by atoms with E-state index in [9.17, 15) is 4.79 Å². The van der Waals surface area contributed by atoms with Crippen molar-refractivity contribution < 1.29 is 14.1 Å². The standard InChI is InChI=1S/C13H12ClN2O2/c14-10-18-13-8-15-6-7-16(13)9-12(17)11-4-2-1-3-5-11/h1-8H,9-10H2/q+1. The number of hydrogen-bond donors (Lipinski definition) is 0. The molecule has 0 unspecified atom stereocenters. The van der Waals surface area contributed by atoms with Gasteiger partial charge in [0.15, 0.2) is 12.3 Å². The van der Waals surface area contributed by atoms with Crippen LogP contribution >= 0.6 is 11.6 Å². The Morgan fingerprint density at radius 1 is 1.33 bits per heavy atom. The van der Waals surface area contributed by atoms with Crippen LogP contribution in [0.2, 0.25) is 0 Å². The van der Waals surface area contributed by atoms with Gasteiger partial charge in [-0.2, -0.15) is 4.57 Å². The molecule has 18 heavy (non-hydrogen) atoms. The Labute approximate surface area is 110 Å². The van der Waals surface area contributed by atoms with E-state index in [0.717, 1.165) is 0 Å². The first kappa shape index (κ1) is 12.5. The lowest BCUT2D eigenvalue weighted by molar-refractivity contribution is -0.688. The van der Waals surface area contributed by atoms with Crippen molar-refractivity contribution in [3.05, 3.63) is 54.5 Å². The summed E-state index contributed by atoms with van der Waals surface area (Å²) < 4.78 is 6.86. The molecular formula is C13H12ClN2O2+. The highest BCUT2D eigenvalue weighted by Gasteiger charge is 2.17. The molecule has 5 heteroatoms. The van der Waals surface area contributed by atoms with Gasteiger partial charge in [-0.1, -0.05) is 41.9 Å². The number of benzene rings is 1. The van der Waals surface area contributed by atoms with Crippen molar-refractivity contribution in [1.82, 2.24) is 4.98 Å². The van der Waals surface area contributed by atoms with Gasteiger partial charge in [-0.25, -0.2) is 4.98 Å². The molecule has 0 amide bonds. The number of ketones is 1. The summed E-state index contributed by atoms with van der Waals surface area (Å²) in [6.45, 7) is 0.193. The molecule has 0 aliphatic heterocycles. The molecule has 2 rings (SSSR count). The maximum atomic E-state index is 12.0. The van der Waals surface area contributed by atoms with Gasteiger partial charge in [0.2, 0.25) is 12.3 Å². The van der Waals surface area contributed by atoms with Crippen LogP contribution in [0.1, 0.15) is 10.4 Å². The van der Waals surface area contributed by atoms with Crippen molar-refractivity contribution >= 4 is 17.4 Å². The van der Waals surface area contributed by atoms with E-state index in [0.29, 0.717) is 11.4 Å². The van der Waals surface area contributed by atoms with Crippen LogP contribution < -0.4 is 9.30 Å². The first-order valence-corrected chi connectivity index (χ1v) is 5.95. The number of nitrogens with zero attached hydrogens (tertiary/aromatic N) is 2. The number of hydrogen-bond acceptors (Lipinski definition) is 3. The summed E-state index contributed by atoms with van der Waals surface area (Å²) in [5.74, 6) is 0.475. The molecule has 0 saturated heterocycles. The van der Waals surface area contributed by atoms with Gasteiger partial charge in [-0.3, -0.25) is 4.79 Å². The van der Waals surface area contributed by atoms with Gasteiger partial charge in [-0.05, 0) is 0 Å². The van der Waals surface area contributed by atoms with Crippen molar-refractivity contribution in [3.63, 3.8) is 0 Å². The molecule has 4 nitrogen and oxygen atoms in total. The fourth-order valence-corrected chi connectivity index (χ4v) is 1.66. The number of alkyl halides is 1. The molecule has 0 aliphatic rings. The summed E-state index contributed by atoms with van der Waals surface area (Å²) in [5, 5.41) is 0. The third kappa shape index (κ3) is 3.05. The van der Waals surface area contributed by atoms with Gasteiger partial charge >= 0.3 is 5.88 Å². The molecule has 2 aromatic rings. The number of rotatable bonds is 5. The van der Waals surface area contributed by atoms with Crippen molar-refractivity contribution in [3.8, 4) is 5.88 Å². The van der Waals surface area contributed by atoms with E-state index in [-0.39, 0.29) is 18.4 Å². The number of carbonyl (C=O) groups excluding carboxylic acids is 1. The molecule has 0 radical (unpaired) electrons. The molecule has 0 spiro atoms. The van der Waals surface area contributed by atoms with Gasteiger partial charge in [0, 0.05) is 5.56 Å². The van der Waals surface area contributed by atoms with Crippen molar-refractivity contribution in [1.29, 1.82) is 0 Å². The molecule has 0 aliphatic carbocycles. The summed E-state index contributed by atoms with van der Waals surface area (Å²) in [6, 6.07) is 9.13. The van der Waals surface area contributed by atoms with E-state index in [1.165, 1.54) is 6.20 Å². The van der Waals surface area contributed by atoms with E-state index in [2.05, 4.69) is 4.98 Å². The molecule has 1 heterocycles. The Morgan fingerprint density at radius 2 is 2.11 bits per heavy atom. The summed E-state index contributed by atoms with van der Waals surface area (Å²) in [6.07, 6.45) is 4.81. The summed E-state index contributed by atoms with van der Waals surface area (Å²) in [5.41, 5.74) is 0.665. The largest absolute Gasteiger partial charge is 0.427 e. The van der Waals surface area contributed by atoms with Crippen LogP contribution in [0.25, 0.3) is 0 Å². The van der Waals surface area contributed by atoms with Crippen LogP contribution in [0.15, 0.2) is 48.9 Å². The smallest absolute Gasteiger partial charge is 0.388 e. The predicted molar refractivity (Wildman–Crippen MR) is 66.6 cm³/mol. The molecule has 0 atom stereocenters. The van der Waals surface area contributed by atoms with Gasteiger partial charge in [0.1, 0.15) is 6.20 Å². The Hall–Kier alpha value is -1.94. The fourth-order valence-electron chi connectivity index (χ4n) is 1.55. The van der Waals surface area contributed by atoms with Gasteiger partial charge < -0.3 is 4.74 Å². The molecule has 92 valence electrons. The van der Waals surface area contributed by atoms with Crippen molar-refractivity contribution in [2.45, 2.75) is 6.54 Å². The normalized spacial score (nSPS) is 10.1. The predicted octanol–water partition coefficient (Wildman–Crippen LogP) is 1.83. The van der Waals surface area contributed by atoms with Crippen molar-refractivity contribution in [2.24, 2.45) is 0 Å². The molecule has 0 saturated carbocycles. The second kappa shape index (κ2) is 6.12. The Bertz CT molecular complexity index is 532. The SMILES string of the molecule is O=C(C[n+]1ccncc1OCCl)c1ccccc1. The fraction of sp³-hybridized carbons (Fsp3) is 0.154. The van der Waals surface area contributed by atoms with Crippen LogP contribution in [0.4, 0.5) is 0 Å². The lowest BCUT2D eigenvalue weighted by Gasteiger charge is -2.02. The third-order valence-corrected chi connectivity index (χ3v) is 2.52. The average Bonchev–Trinajstić information content (AvgIpc) is 2.42. The number of Topliss-reactive ketones (excluding diaryl/α,β-unsaturated/α-hetero) is 1. The lowest BCUT2D eigenvalue weighted by Crippen LogP contribution is -2.39. The first-order chi connectivity index (χ1) is 8.81. The molecule has 1 aromatic carbocycles. The van der Waals surface area contributed by atoms with E-state index >= 15 is 0 Å². The molecule has 0 bridgehead atoms. The van der Waals surface area contributed by atoms with E-state index in [4.69, 9.17) is 16.3 Å². The highest BCUT2D eigenvalue weighted by atomic mass is 35.5. The van der Waals surface area contributed by atoms with Gasteiger partial charge in [0.05, 0.1) is 6.20 Å². The van der Waals surface area contributed by atoms with Crippen LogP contribution in [0.3, 0.4) is 0 Å². The number of carbonyl (C=O) groups is 1. The minimum atomic E-state index is 0.00576. The maximum absolute atomic E-state index is 12.0. The second-order valence-corrected chi connectivity index (χ2v) is 3.80. The van der Waals surface area contributed by atoms with Crippen LogP contribution in [-0.2, 0) is 6.54 Å². The second-order valence-electron chi connectivity index (χ2n) is 3.59. The van der Waals surface area contributed by atoms with E-state index in [1.807, 2.05) is 18.2 Å². The Balaban J connectivity index is 2.17. The Morgan fingerprint density at radius 3 is 2.83 bits per heavy atom. The van der Waals surface area contributed by atoms with Gasteiger partial charge in [0.25, 0.3) is 0 Å². The Kier molecular flexibility index (Phi) is 4.25. The van der Waals surface area contributed by atoms with E-state index < -0.39 is 0 Å². The topological polar surface area (TPSA) is 43.1 Å². The number of ether oxygens (including phenoxy) is 1. The summed E-state index contributed by atoms with van der Waals surface area (Å²) >= 11 is 5.51. The van der Waals surface area contributed by atoms with E-state index in [1.54, 1.807) is 29.1 Å². The monoisotopic (exact) mass is 263 g/mol. The van der Waals surface area contributed by atoms with Crippen molar-refractivity contribution in [2.75, 3.05) is 6.07 Å². The molecule has 0 N–H and O–H groups in total. The zero-order chi connectivity index (χ0) is 12.8. The number of aromatic nitrogens is 2. The quantitative estimate of drug-likeness (QED) is 0.470. The van der Waals surface area contributed by atoms with Crippen LogP contribution in [0.5, 0.6) is 5.88 Å². The van der Waals surface area contributed by atoms with Crippen LogP contribution in [-0.4, -0.2) is 16.8 Å². The average molecular weight is 264 g/mol. The first-order valence-electron chi connectivity index (χ1n) is 5.41. The lowest BCUT2D eigenvalue weighted by atomic mass is 10.1. The minimum Gasteiger partial charge on any atom is -0.427 e. The molecular weight excluding hydrogens is 252 g/mol.